The number of hydrogen-bond acceptors (Lipinski definition) is 7. The Morgan fingerprint density at radius 2 is 1.95 bits per heavy atom. The Morgan fingerprint density at radius 1 is 1.17 bits per heavy atom. The number of ether oxygens (including phenoxy) is 4. The zero-order valence-electron chi connectivity index (χ0n) is 22.3. The summed E-state index contributed by atoms with van der Waals surface area (Å²) in [5, 5.41) is 0.678. The van der Waals surface area contributed by atoms with E-state index in [1.54, 1.807) is 30.3 Å². The van der Waals surface area contributed by atoms with Gasteiger partial charge >= 0.3 is 18.0 Å². The summed E-state index contributed by atoms with van der Waals surface area (Å²) < 4.78 is 39.3. The molecule has 5 atom stereocenters. The van der Waals surface area contributed by atoms with E-state index in [2.05, 4.69) is 6.58 Å². The first-order valence-corrected chi connectivity index (χ1v) is 14.2. The number of hydrogen-bond donors (Lipinski definition) is 0. The molecule has 2 aromatic carbocycles. The van der Waals surface area contributed by atoms with Crippen LogP contribution in [0.1, 0.15) is 36.5 Å². The van der Waals surface area contributed by atoms with Crippen molar-refractivity contribution in [1.82, 2.24) is 4.90 Å². The highest BCUT2D eigenvalue weighted by Gasteiger charge is 2.96. The van der Waals surface area contributed by atoms with Crippen LogP contribution in [0.3, 0.4) is 0 Å². The molecule has 2 aromatic rings. The Morgan fingerprint density at radius 3 is 2.71 bits per heavy atom. The molecule has 1 saturated heterocycles. The third kappa shape index (κ3) is 3.92. The number of aryl methyl sites for hydroxylation is 2. The number of carbonyl (C=O) groups is 3. The second kappa shape index (κ2) is 10.00. The molecule has 0 aromatic heterocycles. The summed E-state index contributed by atoms with van der Waals surface area (Å²) in [6.07, 6.45) is 2.20. The molecule has 1 heterocycles. The quantitative estimate of drug-likeness (QED) is 0.231. The Bertz CT molecular complexity index is 1470. The predicted octanol–water partition coefficient (Wildman–Crippen LogP) is 5.60. The molecule has 5 unspecified atom stereocenters. The van der Waals surface area contributed by atoms with Gasteiger partial charge in [-0.15, -0.1) is 0 Å². The van der Waals surface area contributed by atoms with Crippen LogP contribution in [0.5, 0.6) is 5.75 Å². The van der Waals surface area contributed by atoms with E-state index in [-0.39, 0.29) is 25.4 Å². The predicted molar refractivity (Wildman–Crippen MR) is 146 cm³/mol. The number of rotatable bonds is 7. The van der Waals surface area contributed by atoms with Gasteiger partial charge in [0, 0.05) is 5.92 Å². The molecule has 2 saturated carbocycles. The Labute approximate surface area is 246 Å². The van der Waals surface area contributed by atoms with Crippen molar-refractivity contribution in [2.24, 2.45) is 11.3 Å². The van der Waals surface area contributed by atoms with Gasteiger partial charge in [0.05, 0.1) is 28.2 Å². The lowest BCUT2D eigenvalue weighted by Gasteiger charge is -2.41. The molecular weight excluding hydrogens is 576 g/mol. The SMILES string of the molecule is C=CCOC(=O)N1COC(=O)C12C(OCc1ccc(Cl)c(Cl)c1)CC1C(F)(C(=O)Oc3ccc4c(c3)CCC4)C12C. The lowest BCUT2D eigenvalue weighted by molar-refractivity contribution is -0.160. The average Bonchev–Trinajstić information content (AvgIpc) is 3.41. The number of fused-ring (bicyclic) bond motifs is 3. The number of halogens is 3. The van der Waals surface area contributed by atoms with Crippen LogP contribution in [0.15, 0.2) is 49.1 Å². The molecular formula is C30H28Cl2FNO7. The Balaban J connectivity index is 1.33. The smallest absolute Gasteiger partial charge is 0.413 e. The molecule has 1 aliphatic heterocycles. The van der Waals surface area contributed by atoms with Crippen molar-refractivity contribution in [3.05, 3.63) is 75.8 Å². The first-order chi connectivity index (χ1) is 19.6. The van der Waals surface area contributed by atoms with Crippen molar-refractivity contribution >= 4 is 41.2 Å². The number of benzene rings is 2. The fourth-order valence-corrected chi connectivity index (χ4v) is 7.45. The molecule has 216 valence electrons. The lowest BCUT2D eigenvalue weighted by Crippen LogP contribution is -2.65. The van der Waals surface area contributed by atoms with Crippen molar-refractivity contribution in [3.8, 4) is 5.75 Å². The minimum Gasteiger partial charge on any atom is -0.445 e. The number of alkyl halides is 1. The van der Waals surface area contributed by atoms with Crippen molar-refractivity contribution in [1.29, 1.82) is 0 Å². The van der Waals surface area contributed by atoms with Gasteiger partial charge in [0.15, 0.2) is 12.3 Å². The molecule has 11 heteroatoms. The maximum absolute atomic E-state index is 17.0. The highest BCUT2D eigenvalue weighted by Crippen LogP contribution is 2.79. The topological polar surface area (TPSA) is 91.4 Å². The zero-order chi connectivity index (χ0) is 29.2. The Hall–Kier alpha value is -3.14. The highest BCUT2D eigenvalue weighted by molar-refractivity contribution is 6.42. The van der Waals surface area contributed by atoms with Crippen LogP contribution < -0.4 is 4.74 Å². The molecule has 1 spiro atoms. The van der Waals surface area contributed by atoms with Crippen LogP contribution in [0, 0.1) is 11.3 Å². The van der Waals surface area contributed by atoms with Crippen LogP contribution >= 0.6 is 23.2 Å². The van der Waals surface area contributed by atoms with Crippen LogP contribution in [0.25, 0.3) is 0 Å². The molecule has 6 rings (SSSR count). The summed E-state index contributed by atoms with van der Waals surface area (Å²) >= 11 is 12.2. The molecule has 0 N–H and O–H groups in total. The molecule has 8 nitrogen and oxygen atoms in total. The van der Waals surface area contributed by atoms with E-state index in [0.717, 1.165) is 29.7 Å². The fourth-order valence-electron chi connectivity index (χ4n) is 7.13. The Kier molecular flexibility index (Phi) is 6.83. The molecule has 41 heavy (non-hydrogen) atoms. The van der Waals surface area contributed by atoms with Crippen LogP contribution in [0.4, 0.5) is 9.18 Å². The van der Waals surface area contributed by atoms with Crippen molar-refractivity contribution in [2.75, 3.05) is 13.3 Å². The monoisotopic (exact) mass is 603 g/mol. The maximum Gasteiger partial charge on any atom is 0.413 e. The fraction of sp³-hybridized carbons (Fsp3) is 0.433. The van der Waals surface area contributed by atoms with Gasteiger partial charge in [0.1, 0.15) is 12.4 Å². The lowest BCUT2D eigenvalue weighted by atomic mass is 9.77. The van der Waals surface area contributed by atoms with Gasteiger partial charge in [0.2, 0.25) is 5.67 Å². The van der Waals surface area contributed by atoms with Crippen LogP contribution in [-0.4, -0.2) is 53.6 Å². The maximum atomic E-state index is 17.0. The second-order valence-corrected chi connectivity index (χ2v) is 11.9. The number of esters is 2. The van der Waals surface area contributed by atoms with E-state index in [0.29, 0.717) is 15.6 Å². The first-order valence-electron chi connectivity index (χ1n) is 13.4. The van der Waals surface area contributed by atoms with Gasteiger partial charge in [-0.1, -0.05) is 54.9 Å². The zero-order valence-corrected chi connectivity index (χ0v) is 23.8. The summed E-state index contributed by atoms with van der Waals surface area (Å²) in [6.45, 7) is 4.35. The molecule has 3 fully saturated rings. The summed E-state index contributed by atoms with van der Waals surface area (Å²) in [6, 6.07) is 10.2. The van der Waals surface area contributed by atoms with Crippen LogP contribution in [-0.2, 0) is 43.2 Å². The van der Waals surface area contributed by atoms with E-state index < -0.39 is 53.4 Å². The van der Waals surface area contributed by atoms with Gasteiger partial charge in [-0.3, -0.25) is 4.90 Å². The normalized spacial score (nSPS) is 31.0. The summed E-state index contributed by atoms with van der Waals surface area (Å²) in [7, 11) is 0. The third-order valence-corrected chi connectivity index (χ3v) is 9.92. The van der Waals surface area contributed by atoms with Crippen molar-refractivity contribution in [3.63, 3.8) is 0 Å². The number of cyclic esters (lactones) is 1. The van der Waals surface area contributed by atoms with E-state index in [1.807, 2.05) is 6.07 Å². The molecule has 1 amide bonds. The van der Waals surface area contributed by atoms with Gasteiger partial charge in [-0.2, -0.15) is 0 Å². The highest BCUT2D eigenvalue weighted by atomic mass is 35.5. The molecule has 3 aliphatic carbocycles. The standard InChI is InChI=1S/C30H28Cl2FNO7/c1-3-11-38-27(37)34-16-40-26(36)30(34)24(39-15-17-7-10-21(31)22(32)12-17)14-23-28(30,2)29(23,33)25(35)41-20-9-8-18-5-4-6-19(18)13-20/h3,7-10,12-13,23-24H,1,4-6,11,14-16H2,2H3. The van der Waals surface area contributed by atoms with Crippen molar-refractivity contribution < 1.29 is 37.7 Å². The van der Waals surface area contributed by atoms with Crippen LogP contribution in [0.2, 0.25) is 10.0 Å². The largest absolute Gasteiger partial charge is 0.445 e. The summed E-state index contributed by atoms with van der Waals surface area (Å²) in [5.41, 5.74) is -3.40. The number of carbonyl (C=O) groups excluding carboxylic acids is 3. The molecule has 0 bridgehead atoms. The second-order valence-electron chi connectivity index (χ2n) is 11.0. The van der Waals surface area contributed by atoms with Gasteiger partial charge in [0.25, 0.3) is 0 Å². The van der Waals surface area contributed by atoms with E-state index in [4.69, 9.17) is 42.1 Å². The minimum absolute atomic E-state index is 0.0201. The molecule has 0 radical (unpaired) electrons. The van der Waals surface area contributed by atoms with E-state index in [9.17, 15) is 14.4 Å². The first kappa shape index (κ1) is 28.0. The van der Waals surface area contributed by atoms with Gasteiger partial charge < -0.3 is 18.9 Å². The summed E-state index contributed by atoms with van der Waals surface area (Å²) in [4.78, 5) is 41.3. The van der Waals surface area contributed by atoms with Crippen molar-refractivity contribution in [2.45, 2.75) is 56.5 Å². The number of amides is 1. The molecule has 4 aliphatic rings. The number of nitrogens with zero attached hydrogens (tertiary/aromatic N) is 1. The average molecular weight is 604 g/mol. The van der Waals surface area contributed by atoms with Gasteiger partial charge in [-0.05, 0) is 66.6 Å². The minimum atomic E-state index is -2.59. The van der Waals surface area contributed by atoms with E-state index in [1.165, 1.54) is 18.6 Å². The third-order valence-electron chi connectivity index (χ3n) is 9.18. The summed E-state index contributed by atoms with van der Waals surface area (Å²) in [5.74, 6) is -2.75. The van der Waals surface area contributed by atoms with E-state index >= 15 is 4.39 Å². The van der Waals surface area contributed by atoms with Gasteiger partial charge in [-0.25, -0.2) is 18.8 Å².